The van der Waals surface area contributed by atoms with Crippen LogP contribution in [0.5, 0.6) is 0 Å². The molecule has 0 amide bonds. The Hall–Kier alpha value is 0.400. The minimum atomic E-state index is -0.127. The minimum absolute atomic E-state index is 0.0287. The first kappa shape index (κ1) is 13.4. The second-order valence-electron chi connectivity index (χ2n) is 2.98. The van der Waals surface area contributed by atoms with Gasteiger partial charge in [0.2, 0.25) is 0 Å². The fourth-order valence-corrected chi connectivity index (χ4v) is 1.50. The maximum absolute atomic E-state index is 5.56. The highest BCUT2D eigenvalue weighted by atomic mass is 79.9. The number of rotatable bonds is 7. The van der Waals surface area contributed by atoms with E-state index in [-0.39, 0.29) is 10.6 Å². The van der Waals surface area contributed by atoms with Gasteiger partial charge in [-0.15, -0.1) is 0 Å². The second kappa shape index (κ2) is 6.80. The average molecular weight is 253 g/mol. The lowest BCUT2D eigenvalue weighted by molar-refractivity contribution is -0.155. The largest absolute Gasteiger partial charge is 0.351 e. The van der Waals surface area contributed by atoms with E-state index >= 15 is 0 Å². The lowest BCUT2D eigenvalue weighted by Gasteiger charge is -2.33. The molecule has 0 aromatic rings. The lowest BCUT2D eigenvalue weighted by atomic mass is 10.0. The molecule has 0 spiro atoms. The smallest absolute Gasteiger partial charge is 0.172 e. The Morgan fingerprint density at radius 3 is 1.62 bits per heavy atom. The molecular weight excluding hydrogens is 232 g/mol. The Morgan fingerprint density at radius 1 is 1.00 bits per heavy atom. The van der Waals surface area contributed by atoms with Gasteiger partial charge in [0.1, 0.15) is 0 Å². The first-order chi connectivity index (χ1) is 6.14. The highest BCUT2D eigenvalue weighted by Crippen LogP contribution is 2.32. The predicted molar refractivity (Wildman–Crippen MR) is 59.3 cm³/mol. The summed E-state index contributed by atoms with van der Waals surface area (Å²) in [5.74, 6) is 0. The molecule has 0 aromatic carbocycles. The van der Waals surface area contributed by atoms with E-state index in [2.05, 4.69) is 29.8 Å². The van der Waals surface area contributed by atoms with Gasteiger partial charge in [0.15, 0.2) is 6.29 Å². The van der Waals surface area contributed by atoms with Crippen LogP contribution in [0.25, 0.3) is 0 Å². The highest BCUT2D eigenvalue weighted by molar-refractivity contribution is 9.10. The summed E-state index contributed by atoms with van der Waals surface area (Å²) in [5.41, 5.74) is 0. The lowest BCUT2D eigenvalue weighted by Crippen LogP contribution is -2.39. The SMILES string of the molecule is CCOC(OCC)C(Br)(CC)CC. The quantitative estimate of drug-likeness (QED) is 0.511. The van der Waals surface area contributed by atoms with Crippen molar-refractivity contribution in [2.24, 2.45) is 0 Å². The summed E-state index contributed by atoms with van der Waals surface area (Å²) < 4.78 is 11.1. The average Bonchev–Trinajstić information content (AvgIpc) is 2.16. The van der Waals surface area contributed by atoms with Crippen molar-refractivity contribution in [1.29, 1.82) is 0 Å². The van der Waals surface area contributed by atoms with Crippen LogP contribution in [0.2, 0.25) is 0 Å². The molecule has 0 unspecified atom stereocenters. The molecular formula is C10H21BrO2. The first-order valence-electron chi connectivity index (χ1n) is 5.06. The van der Waals surface area contributed by atoms with Crippen molar-refractivity contribution in [2.75, 3.05) is 13.2 Å². The van der Waals surface area contributed by atoms with Gasteiger partial charge in [-0.25, -0.2) is 0 Å². The molecule has 13 heavy (non-hydrogen) atoms. The normalized spacial score (nSPS) is 12.5. The molecule has 0 radical (unpaired) electrons. The second-order valence-corrected chi connectivity index (χ2v) is 4.56. The third kappa shape index (κ3) is 3.96. The highest BCUT2D eigenvalue weighted by Gasteiger charge is 2.34. The number of alkyl halides is 1. The van der Waals surface area contributed by atoms with E-state index in [1.165, 1.54) is 0 Å². The van der Waals surface area contributed by atoms with Crippen LogP contribution in [0.3, 0.4) is 0 Å². The Kier molecular flexibility index (Phi) is 7.00. The van der Waals surface area contributed by atoms with Crippen LogP contribution in [0.4, 0.5) is 0 Å². The molecule has 0 N–H and O–H groups in total. The van der Waals surface area contributed by atoms with Crippen molar-refractivity contribution in [1.82, 2.24) is 0 Å². The third-order valence-electron chi connectivity index (χ3n) is 2.23. The first-order valence-corrected chi connectivity index (χ1v) is 5.85. The van der Waals surface area contributed by atoms with E-state index < -0.39 is 0 Å². The minimum Gasteiger partial charge on any atom is -0.351 e. The monoisotopic (exact) mass is 252 g/mol. The standard InChI is InChI=1S/C10H21BrO2/c1-5-10(11,6-2)9(12-7-3)13-8-4/h9H,5-8H2,1-4H3. The van der Waals surface area contributed by atoms with Gasteiger partial charge in [0.25, 0.3) is 0 Å². The van der Waals surface area contributed by atoms with Crippen molar-refractivity contribution >= 4 is 15.9 Å². The molecule has 80 valence electrons. The van der Waals surface area contributed by atoms with Crippen LogP contribution in [-0.4, -0.2) is 23.8 Å². The van der Waals surface area contributed by atoms with Crippen LogP contribution in [0, 0.1) is 0 Å². The van der Waals surface area contributed by atoms with E-state index in [0.717, 1.165) is 12.8 Å². The molecule has 3 heteroatoms. The van der Waals surface area contributed by atoms with Gasteiger partial charge in [0.05, 0.1) is 4.32 Å². The van der Waals surface area contributed by atoms with E-state index in [4.69, 9.17) is 9.47 Å². The van der Waals surface area contributed by atoms with Gasteiger partial charge in [-0.3, -0.25) is 0 Å². The van der Waals surface area contributed by atoms with E-state index in [1.807, 2.05) is 13.8 Å². The van der Waals surface area contributed by atoms with Crippen LogP contribution >= 0.6 is 15.9 Å². The molecule has 0 heterocycles. The molecule has 0 fully saturated rings. The Balaban J connectivity index is 4.28. The summed E-state index contributed by atoms with van der Waals surface area (Å²) in [4.78, 5) is 0. The van der Waals surface area contributed by atoms with Crippen molar-refractivity contribution in [3.8, 4) is 0 Å². The summed E-state index contributed by atoms with van der Waals surface area (Å²) in [5, 5.41) is 0. The van der Waals surface area contributed by atoms with Gasteiger partial charge in [-0.2, -0.15) is 0 Å². The molecule has 0 aromatic heterocycles. The zero-order valence-corrected chi connectivity index (χ0v) is 10.7. The number of hydrogen-bond acceptors (Lipinski definition) is 2. The third-order valence-corrected chi connectivity index (χ3v) is 3.73. The maximum Gasteiger partial charge on any atom is 0.172 e. The number of halogens is 1. The Labute approximate surface area is 90.1 Å². The van der Waals surface area contributed by atoms with Gasteiger partial charge in [-0.1, -0.05) is 29.8 Å². The summed E-state index contributed by atoms with van der Waals surface area (Å²) in [7, 11) is 0. The Bertz CT molecular complexity index is 118. The van der Waals surface area contributed by atoms with Crippen LogP contribution in [-0.2, 0) is 9.47 Å². The predicted octanol–water partition coefficient (Wildman–Crippen LogP) is 3.34. The van der Waals surface area contributed by atoms with Crippen LogP contribution in [0.15, 0.2) is 0 Å². The van der Waals surface area contributed by atoms with Crippen molar-refractivity contribution in [3.63, 3.8) is 0 Å². The van der Waals surface area contributed by atoms with Gasteiger partial charge < -0.3 is 9.47 Å². The zero-order chi connectivity index (χ0) is 10.3. The Morgan fingerprint density at radius 2 is 1.38 bits per heavy atom. The molecule has 0 bridgehead atoms. The van der Waals surface area contributed by atoms with Gasteiger partial charge in [-0.05, 0) is 26.7 Å². The number of hydrogen-bond donors (Lipinski definition) is 0. The van der Waals surface area contributed by atoms with Gasteiger partial charge in [0, 0.05) is 13.2 Å². The topological polar surface area (TPSA) is 18.5 Å². The molecule has 0 aliphatic rings. The molecule has 0 atom stereocenters. The molecule has 0 saturated carbocycles. The molecule has 0 rings (SSSR count). The fourth-order valence-electron chi connectivity index (χ4n) is 1.23. The number of ether oxygens (including phenoxy) is 2. The van der Waals surface area contributed by atoms with Crippen molar-refractivity contribution in [2.45, 2.75) is 51.2 Å². The summed E-state index contributed by atoms with van der Waals surface area (Å²) in [6.45, 7) is 9.65. The van der Waals surface area contributed by atoms with E-state index in [0.29, 0.717) is 13.2 Å². The molecule has 2 nitrogen and oxygen atoms in total. The van der Waals surface area contributed by atoms with Crippen molar-refractivity contribution in [3.05, 3.63) is 0 Å². The van der Waals surface area contributed by atoms with E-state index in [9.17, 15) is 0 Å². The van der Waals surface area contributed by atoms with E-state index in [1.54, 1.807) is 0 Å². The summed E-state index contributed by atoms with van der Waals surface area (Å²) in [6.07, 6.45) is 1.89. The molecule has 0 aliphatic heterocycles. The molecule has 0 saturated heterocycles. The maximum atomic E-state index is 5.56. The van der Waals surface area contributed by atoms with Crippen LogP contribution < -0.4 is 0 Å². The fraction of sp³-hybridized carbons (Fsp3) is 1.00. The molecule has 0 aliphatic carbocycles. The summed E-state index contributed by atoms with van der Waals surface area (Å²) >= 11 is 3.70. The zero-order valence-electron chi connectivity index (χ0n) is 9.10. The van der Waals surface area contributed by atoms with Crippen LogP contribution in [0.1, 0.15) is 40.5 Å². The summed E-state index contributed by atoms with van der Waals surface area (Å²) in [6, 6.07) is 0. The van der Waals surface area contributed by atoms with Gasteiger partial charge >= 0.3 is 0 Å². The van der Waals surface area contributed by atoms with Crippen molar-refractivity contribution < 1.29 is 9.47 Å².